The quantitative estimate of drug-likeness (QED) is 0.608. The van der Waals surface area contributed by atoms with Crippen LogP contribution in [-0.4, -0.2) is 13.1 Å². The lowest BCUT2D eigenvalue weighted by Crippen LogP contribution is -2.23. The van der Waals surface area contributed by atoms with E-state index in [1.54, 1.807) is 0 Å². The molecule has 0 N–H and O–H groups in total. The zero-order valence-electron chi connectivity index (χ0n) is 14.4. The Labute approximate surface area is 146 Å². The topological polar surface area (TPSA) is 3.24 Å². The molecule has 122 valence electrons. The van der Waals surface area contributed by atoms with Gasteiger partial charge in [0.25, 0.3) is 0 Å². The summed E-state index contributed by atoms with van der Waals surface area (Å²) in [5.74, 6) is 0. The monoisotopic (exact) mass is 333 g/mol. The molecule has 0 atom stereocenters. The van der Waals surface area contributed by atoms with Gasteiger partial charge in [0.2, 0.25) is 0 Å². The fraction of sp³-hybridized carbons (Fsp3) is 0.182. The molecule has 0 aromatic heterocycles. The molecule has 0 spiro atoms. The zero-order valence-corrected chi connectivity index (χ0v) is 15.3. The summed E-state index contributed by atoms with van der Waals surface area (Å²) >= 11 is 0. The molecule has 0 saturated heterocycles. The highest BCUT2D eigenvalue weighted by atomic mass is 31.1. The van der Waals surface area contributed by atoms with Gasteiger partial charge in [0.05, 0.1) is 0 Å². The first-order valence-electron chi connectivity index (χ1n) is 8.58. The van der Waals surface area contributed by atoms with E-state index in [9.17, 15) is 0 Å². The van der Waals surface area contributed by atoms with Gasteiger partial charge < -0.3 is 4.90 Å². The van der Waals surface area contributed by atoms with Crippen LogP contribution in [0.5, 0.6) is 0 Å². The molecule has 3 aromatic rings. The summed E-state index contributed by atoms with van der Waals surface area (Å²) in [6, 6.07) is 30.9. The fourth-order valence-electron chi connectivity index (χ4n) is 3.00. The molecular formula is C22H24NP. The molecule has 0 saturated carbocycles. The highest BCUT2D eigenvalue weighted by Gasteiger charge is 2.16. The van der Waals surface area contributed by atoms with Crippen LogP contribution in [0.3, 0.4) is 0 Å². The molecule has 0 aliphatic carbocycles. The average molecular weight is 333 g/mol. The molecule has 3 aromatic carbocycles. The number of hydrogen-bond donors (Lipinski definition) is 0. The van der Waals surface area contributed by atoms with E-state index in [-0.39, 0.29) is 0 Å². The Morgan fingerprint density at radius 2 is 1.00 bits per heavy atom. The van der Waals surface area contributed by atoms with Crippen molar-refractivity contribution >= 4 is 29.5 Å². The van der Waals surface area contributed by atoms with Gasteiger partial charge in [-0.3, -0.25) is 0 Å². The van der Waals surface area contributed by atoms with Crippen molar-refractivity contribution in [2.75, 3.05) is 18.0 Å². The summed E-state index contributed by atoms with van der Waals surface area (Å²) in [6.45, 7) is 6.50. The van der Waals surface area contributed by atoms with Crippen LogP contribution in [0.2, 0.25) is 0 Å². The molecule has 0 bridgehead atoms. The zero-order chi connectivity index (χ0) is 16.8. The van der Waals surface area contributed by atoms with E-state index in [1.165, 1.54) is 21.6 Å². The molecule has 0 aliphatic rings. The predicted molar refractivity (Wildman–Crippen MR) is 109 cm³/mol. The van der Waals surface area contributed by atoms with Crippen molar-refractivity contribution in [3.05, 3.63) is 84.9 Å². The third kappa shape index (κ3) is 3.68. The highest BCUT2D eigenvalue weighted by molar-refractivity contribution is 7.79. The van der Waals surface area contributed by atoms with Gasteiger partial charge in [0, 0.05) is 18.8 Å². The molecule has 1 nitrogen and oxygen atoms in total. The van der Waals surface area contributed by atoms with Crippen molar-refractivity contribution in [2.24, 2.45) is 0 Å². The maximum absolute atomic E-state index is 2.39. The smallest absolute Gasteiger partial charge is 0.0366 e. The molecular weight excluding hydrogens is 309 g/mol. The van der Waals surface area contributed by atoms with Gasteiger partial charge in [0.15, 0.2) is 0 Å². The van der Waals surface area contributed by atoms with E-state index in [0.717, 1.165) is 13.1 Å². The van der Waals surface area contributed by atoms with E-state index >= 15 is 0 Å². The molecule has 0 fully saturated rings. The predicted octanol–water partition coefficient (Wildman–Crippen LogP) is 4.29. The lowest BCUT2D eigenvalue weighted by Gasteiger charge is -2.23. The minimum absolute atomic E-state index is 0.505. The summed E-state index contributed by atoms with van der Waals surface area (Å²) < 4.78 is 0. The first kappa shape index (κ1) is 16.7. The van der Waals surface area contributed by atoms with Crippen LogP contribution in [0.15, 0.2) is 84.9 Å². The third-order valence-corrected chi connectivity index (χ3v) is 6.71. The molecule has 0 amide bonds. The second-order valence-corrected chi connectivity index (χ2v) is 7.92. The normalized spacial score (nSPS) is 10.8. The van der Waals surface area contributed by atoms with Gasteiger partial charge in [-0.15, -0.1) is 0 Å². The number of rotatable bonds is 6. The molecule has 0 aliphatic heterocycles. The van der Waals surface area contributed by atoms with Crippen LogP contribution in [0, 0.1) is 0 Å². The van der Waals surface area contributed by atoms with E-state index in [2.05, 4.69) is 104 Å². The van der Waals surface area contributed by atoms with Crippen LogP contribution in [0.25, 0.3) is 0 Å². The van der Waals surface area contributed by atoms with Crippen molar-refractivity contribution in [1.29, 1.82) is 0 Å². The first-order chi connectivity index (χ1) is 11.8. The highest BCUT2D eigenvalue weighted by Crippen LogP contribution is 2.33. The average Bonchev–Trinajstić information content (AvgIpc) is 2.66. The minimum Gasteiger partial charge on any atom is -0.372 e. The van der Waals surface area contributed by atoms with Crippen molar-refractivity contribution in [1.82, 2.24) is 0 Å². The van der Waals surface area contributed by atoms with E-state index in [4.69, 9.17) is 0 Å². The number of benzene rings is 3. The SMILES string of the molecule is CCN(CC)c1ccc(P(c2ccccc2)c2ccccc2)cc1. The maximum Gasteiger partial charge on any atom is 0.0366 e. The fourth-order valence-corrected chi connectivity index (χ4v) is 5.28. The Morgan fingerprint density at radius 1 is 0.583 bits per heavy atom. The van der Waals surface area contributed by atoms with Crippen LogP contribution in [0.4, 0.5) is 5.69 Å². The molecule has 24 heavy (non-hydrogen) atoms. The van der Waals surface area contributed by atoms with Crippen molar-refractivity contribution < 1.29 is 0 Å². The van der Waals surface area contributed by atoms with Gasteiger partial charge in [-0.05, 0) is 49.8 Å². The largest absolute Gasteiger partial charge is 0.372 e. The Morgan fingerprint density at radius 3 is 1.42 bits per heavy atom. The lowest BCUT2D eigenvalue weighted by molar-refractivity contribution is 0.866. The van der Waals surface area contributed by atoms with Crippen LogP contribution in [-0.2, 0) is 0 Å². The summed E-state index contributed by atoms with van der Waals surface area (Å²) in [5, 5.41) is 4.20. The number of nitrogens with zero attached hydrogens (tertiary/aromatic N) is 1. The van der Waals surface area contributed by atoms with Crippen LogP contribution < -0.4 is 20.8 Å². The Hall–Kier alpha value is -2.11. The third-order valence-electron chi connectivity index (χ3n) is 4.27. The molecule has 0 radical (unpaired) electrons. The van der Waals surface area contributed by atoms with Crippen molar-refractivity contribution in [3.63, 3.8) is 0 Å². The van der Waals surface area contributed by atoms with E-state index < -0.39 is 7.92 Å². The lowest BCUT2D eigenvalue weighted by atomic mass is 10.3. The van der Waals surface area contributed by atoms with Crippen LogP contribution in [0.1, 0.15) is 13.8 Å². The number of anilines is 1. The Balaban J connectivity index is 2.00. The van der Waals surface area contributed by atoms with Crippen LogP contribution >= 0.6 is 7.92 Å². The molecule has 3 rings (SSSR count). The first-order valence-corrected chi connectivity index (χ1v) is 9.93. The Bertz CT molecular complexity index is 694. The summed E-state index contributed by atoms with van der Waals surface area (Å²) in [4.78, 5) is 2.39. The molecule has 0 unspecified atom stereocenters. The van der Waals surface area contributed by atoms with Crippen molar-refractivity contribution in [3.8, 4) is 0 Å². The summed E-state index contributed by atoms with van der Waals surface area (Å²) in [5.41, 5.74) is 1.31. The summed E-state index contributed by atoms with van der Waals surface area (Å²) in [6.07, 6.45) is 0. The van der Waals surface area contributed by atoms with Crippen molar-refractivity contribution in [2.45, 2.75) is 13.8 Å². The van der Waals surface area contributed by atoms with Gasteiger partial charge in [-0.1, -0.05) is 72.8 Å². The number of hydrogen-bond acceptors (Lipinski definition) is 1. The van der Waals surface area contributed by atoms with E-state index in [0.29, 0.717) is 0 Å². The molecule has 0 heterocycles. The van der Waals surface area contributed by atoms with Gasteiger partial charge in [-0.2, -0.15) is 0 Å². The van der Waals surface area contributed by atoms with Gasteiger partial charge in [-0.25, -0.2) is 0 Å². The molecule has 2 heteroatoms. The van der Waals surface area contributed by atoms with Gasteiger partial charge in [0.1, 0.15) is 0 Å². The maximum atomic E-state index is 2.39. The second-order valence-electron chi connectivity index (χ2n) is 5.70. The van der Waals surface area contributed by atoms with E-state index in [1.807, 2.05) is 0 Å². The standard InChI is InChI=1S/C22H24NP/c1-3-23(4-2)19-15-17-22(18-16-19)24(20-11-7-5-8-12-20)21-13-9-6-10-14-21/h5-18H,3-4H2,1-2H3. The minimum atomic E-state index is -0.505. The Kier molecular flexibility index (Phi) is 5.67. The summed E-state index contributed by atoms with van der Waals surface area (Å²) in [7, 11) is -0.505. The van der Waals surface area contributed by atoms with Gasteiger partial charge >= 0.3 is 0 Å². The second kappa shape index (κ2) is 8.13.